The van der Waals surface area contributed by atoms with E-state index in [0.717, 1.165) is 29.7 Å². The maximum absolute atomic E-state index is 11.9. The Morgan fingerprint density at radius 3 is 3.06 bits per heavy atom. The van der Waals surface area contributed by atoms with Crippen molar-refractivity contribution in [1.82, 2.24) is 5.32 Å². The van der Waals surface area contributed by atoms with Crippen LogP contribution in [0.15, 0.2) is 28.7 Å². The van der Waals surface area contributed by atoms with Crippen LogP contribution in [0, 0.1) is 0 Å². The third kappa shape index (κ3) is 2.79. The van der Waals surface area contributed by atoms with Crippen LogP contribution < -0.4 is 16.0 Å². The van der Waals surface area contributed by atoms with Gasteiger partial charge in [-0.05, 0) is 24.6 Å². The van der Waals surface area contributed by atoms with E-state index in [2.05, 4.69) is 26.1 Å². The summed E-state index contributed by atoms with van der Waals surface area (Å²) < 4.78 is 1.01. The Labute approximate surface area is 109 Å². The molecule has 92 valence electrons. The second kappa shape index (κ2) is 5.51. The Morgan fingerprint density at radius 2 is 2.35 bits per heavy atom. The largest absolute Gasteiger partial charge is 0.358 e. The van der Waals surface area contributed by atoms with Crippen LogP contribution in [0.1, 0.15) is 6.42 Å². The van der Waals surface area contributed by atoms with Gasteiger partial charge in [0.15, 0.2) is 0 Å². The van der Waals surface area contributed by atoms with Crippen molar-refractivity contribution in [2.24, 2.45) is 5.73 Å². The Bertz CT molecular complexity index is 410. The highest BCUT2D eigenvalue weighted by Crippen LogP contribution is 2.22. The summed E-state index contributed by atoms with van der Waals surface area (Å²) in [7, 11) is 0. The third-order valence-electron chi connectivity index (χ3n) is 2.92. The van der Waals surface area contributed by atoms with Gasteiger partial charge in [0.2, 0.25) is 5.91 Å². The van der Waals surface area contributed by atoms with E-state index >= 15 is 0 Å². The molecule has 0 aromatic heterocycles. The fraction of sp³-hybridized carbons (Fsp3) is 0.417. The van der Waals surface area contributed by atoms with Crippen LogP contribution in [-0.4, -0.2) is 31.6 Å². The van der Waals surface area contributed by atoms with Crippen LogP contribution >= 0.6 is 15.9 Å². The van der Waals surface area contributed by atoms with Crippen molar-refractivity contribution in [3.8, 4) is 0 Å². The molecular formula is C12H16BrN3O. The van der Waals surface area contributed by atoms with Crippen molar-refractivity contribution in [1.29, 1.82) is 0 Å². The van der Waals surface area contributed by atoms with Gasteiger partial charge in [-0.3, -0.25) is 4.79 Å². The molecule has 0 spiro atoms. The summed E-state index contributed by atoms with van der Waals surface area (Å²) in [4.78, 5) is 13.9. The maximum atomic E-state index is 11.9. The predicted octanol–water partition coefficient (Wildman–Crippen LogP) is 1.10. The molecule has 0 bridgehead atoms. The lowest BCUT2D eigenvalue weighted by molar-refractivity contribution is -0.121. The molecule has 1 heterocycles. The molecular weight excluding hydrogens is 282 g/mol. The molecule has 1 fully saturated rings. The highest BCUT2D eigenvalue weighted by atomic mass is 79.9. The van der Waals surface area contributed by atoms with Gasteiger partial charge < -0.3 is 16.0 Å². The van der Waals surface area contributed by atoms with Crippen molar-refractivity contribution < 1.29 is 4.79 Å². The second-order valence-electron chi connectivity index (χ2n) is 4.07. The number of benzene rings is 1. The number of nitrogens with one attached hydrogen (secondary N) is 1. The molecule has 0 radical (unpaired) electrons. The van der Waals surface area contributed by atoms with Gasteiger partial charge in [0, 0.05) is 29.8 Å². The lowest BCUT2D eigenvalue weighted by Crippen LogP contribution is -2.49. The number of rotatable bonds is 2. The van der Waals surface area contributed by atoms with Gasteiger partial charge in [0.1, 0.15) is 6.04 Å². The van der Waals surface area contributed by atoms with E-state index in [1.807, 2.05) is 24.3 Å². The third-order valence-corrected chi connectivity index (χ3v) is 3.41. The summed E-state index contributed by atoms with van der Waals surface area (Å²) in [6, 6.07) is 7.69. The van der Waals surface area contributed by atoms with Gasteiger partial charge in [-0.1, -0.05) is 22.0 Å². The topological polar surface area (TPSA) is 58.4 Å². The molecule has 1 atom stereocenters. The molecule has 1 aromatic rings. The van der Waals surface area contributed by atoms with Gasteiger partial charge in [-0.15, -0.1) is 0 Å². The van der Waals surface area contributed by atoms with Crippen LogP contribution in [-0.2, 0) is 4.79 Å². The van der Waals surface area contributed by atoms with Crippen molar-refractivity contribution in [3.05, 3.63) is 28.7 Å². The highest BCUT2D eigenvalue weighted by molar-refractivity contribution is 9.10. The number of halogens is 1. The number of amides is 1. The number of carbonyl (C=O) groups is 1. The van der Waals surface area contributed by atoms with Gasteiger partial charge in [-0.2, -0.15) is 0 Å². The molecule has 1 unspecified atom stereocenters. The van der Waals surface area contributed by atoms with Crippen molar-refractivity contribution >= 4 is 27.5 Å². The molecule has 3 N–H and O–H groups in total. The van der Waals surface area contributed by atoms with Gasteiger partial charge >= 0.3 is 0 Å². The lowest BCUT2D eigenvalue weighted by atomic mass is 10.2. The van der Waals surface area contributed by atoms with E-state index in [4.69, 9.17) is 5.73 Å². The second-order valence-corrected chi connectivity index (χ2v) is 4.99. The first-order valence-electron chi connectivity index (χ1n) is 5.72. The number of nitrogens with zero attached hydrogens (tertiary/aromatic N) is 1. The minimum absolute atomic E-state index is 0.0185. The molecule has 0 aliphatic carbocycles. The Morgan fingerprint density at radius 1 is 1.53 bits per heavy atom. The molecule has 0 saturated carbocycles. The molecule has 1 aliphatic heterocycles. The monoisotopic (exact) mass is 297 g/mol. The SMILES string of the molecule is NCC1C(=O)NCCCN1c1cccc(Br)c1. The smallest absolute Gasteiger partial charge is 0.244 e. The van der Waals surface area contributed by atoms with Crippen molar-refractivity contribution in [2.75, 3.05) is 24.5 Å². The molecule has 2 rings (SSSR count). The fourth-order valence-electron chi connectivity index (χ4n) is 2.07. The molecule has 1 aromatic carbocycles. The van der Waals surface area contributed by atoms with Crippen LogP contribution in [0.25, 0.3) is 0 Å². The number of hydrogen-bond acceptors (Lipinski definition) is 3. The quantitative estimate of drug-likeness (QED) is 0.860. The molecule has 1 aliphatic rings. The summed E-state index contributed by atoms with van der Waals surface area (Å²) in [6.07, 6.45) is 0.939. The first-order valence-corrected chi connectivity index (χ1v) is 6.51. The summed E-state index contributed by atoms with van der Waals surface area (Å²) >= 11 is 3.45. The summed E-state index contributed by atoms with van der Waals surface area (Å²) in [5.41, 5.74) is 6.75. The van der Waals surface area contributed by atoms with Crippen LogP contribution in [0.3, 0.4) is 0 Å². The Balaban J connectivity index is 2.30. The van der Waals surface area contributed by atoms with Crippen LogP contribution in [0.2, 0.25) is 0 Å². The van der Waals surface area contributed by atoms with Crippen molar-refractivity contribution in [3.63, 3.8) is 0 Å². The van der Waals surface area contributed by atoms with E-state index in [9.17, 15) is 4.79 Å². The average molecular weight is 298 g/mol. The highest BCUT2D eigenvalue weighted by Gasteiger charge is 2.26. The van der Waals surface area contributed by atoms with E-state index in [1.54, 1.807) is 0 Å². The lowest BCUT2D eigenvalue weighted by Gasteiger charge is -2.29. The standard InChI is InChI=1S/C12H16BrN3O/c13-9-3-1-4-10(7-9)16-6-2-5-15-12(17)11(16)8-14/h1,3-4,7,11H,2,5-6,8,14H2,(H,15,17). The van der Waals surface area contributed by atoms with E-state index in [1.165, 1.54) is 0 Å². The first kappa shape index (κ1) is 12.4. The summed E-state index contributed by atoms with van der Waals surface area (Å²) in [6.45, 7) is 1.90. The van der Waals surface area contributed by atoms with E-state index in [0.29, 0.717) is 6.54 Å². The van der Waals surface area contributed by atoms with Crippen LogP contribution in [0.4, 0.5) is 5.69 Å². The van der Waals surface area contributed by atoms with Crippen molar-refractivity contribution in [2.45, 2.75) is 12.5 Å². The first-order chi connectivity index (χ1) is 8.22. The average Bonchev–Trinajstić information content (AvgIpc) is 2.50. The molecule has 1 saturated heterocycles. The normalized spacial score (nSPS) is 20.9. The fourth-order valence-corrected chi connectivity index (χ4v) is 2.46. The summed E-state index contributed by atoms with van der Waals surface area (Å²) in [5.74, 6) is 0.0185. The van der Waals surface area contributed by atoms with Gasteiger partial charge in [0.25, 0.3) is 0 Å². The number of nitrogens with two attached hydrogens (primary N) is 1. The zero-order chi connectivity index (χ0) is 12.3. The zero-order valence-corrected chi connectivity index (χ0v) is 11.1. The molecule has 1 amide bonds. The van der Waals surface area contributed by atoms with Gasteiger partial charge in [-0.25, -0.2) is 0 Å². The maximum Gasteiger partial charge on any atom is 0.244 e. The minimum atomic E-state index is -0.271. The molecule has 17 heavy (non-hydrogen) atoms. The van der Waals surface area contributed by atoms with Gasteiger partial charge in [0.05, 0.1) is 0 Å². The Kier molecular flexibility index (Phi) is 4.02. The zero-order valence-electron chi connectivity index (χ0n) is 9.53. The van der Waals surface area contributed by atoms with Crippen LogP contribution in [0.5, 0.6) is 0 Å². The number of carbonyl (C=O) groups excluding carboxylic acids is 1. The van der Waals surface area contributed by atoms with E-state index in [-0.39, 0.29) is 11.9 Å². The number of anilines is 1. The molecule has 4 nitrogen and oxygen atoms in total. The number of hydrogen-bond donors (Lipinski definition) is 2. The van der Waals surface area contributed by atoms with E-state index < -0.39 is 0 Å². The molecule has 5 heteroatoms. The summed E-state index contributed by atoms with van der Waals surface area (Å²) in [5, 5.41) is 2.89. The minimum Gasteiger partial charge on any atom is -0.358 e. The Hall–Kier alpha value is -1.07. The predicted molar refractivity (Wildman–Crippen MR) is 72.0 cm³/mol.